The van der Waals surface area contributed by atoms with Crippen molar-refractivity contribution in [3.8, 4) is 11.5 Å². The molecule has 22 heavy (non-hydrogen) atoms. The molecule has 6 heteroatoms. The van der Waals surface area contributed by atoms with E-state index in [9.17, 15) is 14.3 Å². The lowest BCUT2D eigenvalue weighted by atomic mass is 9.87. The molecule has 0 fully saturated rings. The third-order valence-corrected chi connectivity index (χ3v) is 3.75. The summed E-state index contributed by atoms with van der Waals surface area (Å²) in [6.07, 6.45) is 0. The number of fused-ring (bicyclic) bond motifs is 1. The summed E-state index contributed by atoms with van der Waals surface area (Å²) in [6, 6.07) is 8.40. The predicted molar refractivity (Wildman–Crippen MR) is 77.6 cm³/mol. The van der Waals surface area contributed by atoms with Gasteiger partial charge in [0.1, 0.15) is 5.82 Å². The van der Waals surface area contributed by atoms with Gasteiger partial charge >= 0.3 is 0 Å². The lowest BCUT2D eigenvalue weighted by Gasteiger charge is -2.22. The molecule has 1 atom stereocenters. The number of carbonyl (C=O) groups is 1. The van der Waals surface area contributed by atoms with Crippen molar-refractivity contribution < 1.29 is 23.8 Å². The van der Waals surface area contributed by atoms with E-state index in [4.69, 9.17) is 9.47 Å². The van der Waals surface area contributed by atoms with Gasteiger partial charge in [0.15, 0.2) is 17.1 Å². The van der Waals surface area contributed by atoms with Crippen LogP contribution in [0.4, 0.5) is 10.1 Å². The number of hydrogen-bond acceptors (Lipinski definition) is 4. The molecule has 0 saturated carbocycles. The molecule has 2 aromatic rings. The Morgan fingerprint density at radius 3 is 2.50 bits per heavy atom. The third-order valence-electron chi connectivity index (χ3n) is 3.75. The zero-order chi connectivity index (χ0) is 15.9. The van der Waals surface area contributed by atoms with Crippen LogP contribution in [0.3, 0.4) is 0 Å². The van der Waals surface area contributed by atoms with Crippen molar-refractivity contribution in [3.05, 3.63) is 53.3 Å². The van der Waals surface area contributed by atoms with Gasteiger partial charge in [0.2, 0.25) is 0 Å². The van der Waals surface area contributed by atoms with Crippen molar-refractivity contribution in [3.63, 3.8) is 0 Å². The Balaban J connectivity index is 2.19. The fourth-order valence-electron chi connectivity index (χ4n) is 2.61. The molecular formula is C16H14FNO4. The van der Waals surface area contributed by atoms with Crippen LogP contribution in [-0.2, 0) is 10.4 Å². The zero-order valence-electron chi connectivity index (χ0n) is 12.0. The van der Waals surface area contributed by atoms with Gasteiger partial charge in [-0.05, 0) is 30.3 Å². The minimum absolute atomic E-state index is 0.171. The van der Waals surface area contributed by atoms with Crippen LogP contribution in [0.2, 0.25) is 0 Å². The fourth-order valence-corrected chi connectivity index (χ4v) is 2.61. The van der Waals surface area contributed by atoms with Gasteiger partial charge in [-0.3, -0.25) is 4.79 Å². The van der Waals surface area contributed by atoms with E-state index in [1.54, 1.807) is 12.1 Å². The number of nitrogens with one attached hydrogen (secondary N) is 1. The molecule has 0 aromatic heterocycles. The van der Waals surface area contributed by atoms with Gasteiger partial charge in [0, 0.05) is 16.8 Å². The highest BCUT2D eigenvalue weighted by molar-refractivity contribution is 6.07. The van der Waals surface area contributed by atoms with Gasteiger partial charge < -0.3 is 19.9 Å². The molecule has 1 amide bonds. The Morgan fingerprint density at radius 2 is 1.82 bits per heavy atom. The summed E-state index contributed by atoms with van der Waals surface area (Å²) in [4.78, 5) is 12.3. The van der Waals surface area contributed by atoms with Crippen LogP contribution in [0.1, 0.15) is 11.1 Å². The first kappa shape index (κ1) is 14.3. The normalized spacial score (nSPS) is 19.5. The number of carbonyl (C=O) groups excluding carboxylic acids is 1. The van der Waals surface area contributed by atoms with E-state index in [1.807, 2.05) is 0 Å². The average molecular weight is 303 g/mol. The maximum absolute atomic E-state index is 13.5. The summed E-state index contributed by atoms with van der Waals surface area (Å²) >= 11 is 0. The molecule has 1 aliphatic rings. The molecule has 0 bridgehead atoms. The Morgan fingerprint density at radius 1 is 1.09 bits per heavy atom. The molecule has 2 N–H and O–H groups in total. The predicted octanol–water partition coefficient (Wildman–Crippen LogP) is 2.03. The molecular weight excluding hydrogens is 289 g/mol. The van der Waals surface area contributed by atoms with Gasteiger partial charge in [0.25, 0.3) is 5.91 Å². The standard InChI is InChI=1S/C16H14FNO4/c1-21-13-6-3-9(7-14(13)22-2)16(20)11-8-10(17)4-5-12(11)18-15(16)19/h3-8,20H,1-2H3,(H,18,19). The van der Waals surface area contributed by atoms with Crippen LogP contribution in [0, 0.1) is 5.82 Å². The topological polar surface area (TPSA) is 67.8 Å². The van der Waals surface area contributed by atoms with Crippen LogP contribution >= 0.6 is 0 Å². The smallest absolute Gasteiger partial charge is 0.265 e. The molecule has 0 radical (unpaired) electrons. The second-order valence-electron chi connectivity index (χ2n) is 4.92. The molecule has 1 unspecified atom stereocenters. The molecule has 3 rings (SSSR count). The second-order valence-corrected chi connectivity index (χ2v) is 4.92. The quantitative estimate of drug-likeness (QED) is 0.910. The number of ether oxygens (including phenoxy) is 2. The molecule has 5 nitrogen and oxygen atoms in total. The number of hydrogen-bond donors (Lipinski definition) is 2. The van der Waals surface area contributed by atoms with Gasteiger partial charge in [0.05, 0.1) is 14.2 Å². The van der Waals surface area contributed by atoms with Crippen LogP contribution < -0.4 is 14.8 Å². The van der Waals surface area contributed by atoms with Gasteiger partial charge in [-0.1, -0.05) is 6.07 Å². The van der Waals surface area contributed by atoms with Gasteiger partial charge in [-0.25, -0.2) is 4.39 Å². The first-order valence-corrected chi connectivity index (χ1v) is 6.57. The van der Waals surface area contributed by atoms with E-state index in [1.165, 1.54) is 32.4 Å². The Kier molecular flexibility index (Phi) is 3.26. The molecule has 1 heterocycles. The Bertz CT molecular complexity index is 762. The van der Waals surface area contributed by atoms with Crippen molar-refractivity contribution in [1.29, 1.82) is 0 Å². The third kappa shape index (κ3) is 1.92. The number of aliphatic hydroxyl groups is 1. The minimum Gasteiger partial charge on any atom is -0.493 e. The van der Waals surface area contributed by atoms with Crippen LogP contribution in [0.25, 0.3) is 0 Å². The molecule has 1 aliphatic heterocycles. The van der Waals surface area contributed by atoms with Gasteiger partial charge in [-0.2, -0.15) is 0 Å². The van der Waals surface area contributed by atoms with Gasteiger partial charge in [-0.15, -0.1) is 0 Å². The number of anilines is 1. The Hall–Kier alpha value is -2.60. The molecule has 114 valence electrons. The van der Waals surface area contributed by atoms with Crippen molar-refractivity contribution in [2.45, 2.75) is 5.60 Å². The summed E-state index contributed by atoms with van der Waals surface area (Å²) in [5, 5.41) is 13.5. The summed E-state index contributed by atoms with van der Waals surface area (Å²) in [6.45, 7) is 0. The highest BCUT2D eigenvalue weighted by Crippen LogP contribution is 2.43. The molecule has 0 saturated heterocycles. The Labute approximate surface area is 126 Å². The number of benzene rings is 2. The second kappa shape index (κ2) is 4.99. The molecule has 0 spiro atoms. The minimum atomic E-state index is -1.98. The van der Waals surface area contributed by atoms with E-state index >= 15 is 0 Å². The molecule has 2 aromatic carbocycles. The van der Waals surface area contributed by atoms with Crippen molar-refractivity contribution in [1.82, 2.24) is 0 Å². The number of amides is 1. The van der Waals surface area contributed by atoms with Crippen molar-refractivity contribution in [2.75, 3.05) is 19.5 Å². The van der Waals surface area contributed by atoms with Crippen LogP contribution in [0.5, 0.6) is 11.5 Å². The fraction of sp³-hybridized carbons (Fsp3) is 0.188. The average Bonchev–Trinajstić information content (AvgIpc) is 2.79. The van der Waals surface area contributed by atoms with Crippen LogP contribution in [0.15, 0.2) is 36.4 Å². The monoisotopic (exact) mass is 303 g/mol. The van der Waals surface area contributed by atoms with Crippen molar-refractivity contribution in [2.24, 2.45) is 0 Å². The van der Waals surface area contributed by atoms with E-state index in [0.717, 1.165) is 6.07 Å². The highest BCUT2D eigenvalue weighted by Gasteiger charge is 2.47. The summed E-state index contributed by atoms with van der Waals surface area (Å²) < 4.78 is 23.8. The first-order chi connectivity index (χ1) is 10.5. The maximum Gasteiger partial charge on any atom is 0.265 e. The lowest BCUT2D eigenvalue weighted by Crippen LogP contribution is -2.35. The van der Waals surface area contributed by atoms with E-state index in [2.05, 4.69) is 5.32 Å². The first-order valence-electron chi connectivity index (χ1n) is 6.57. The van der Waals surface area contributed by atoms with Crippen LogP contribution in [-0.4, -0.2) is 25.2 Å². The number of methoxy groups -OCH3 is 2. The summed E-state index contributed by atoms with van der Waals surface area (Å²) in [5.74, 6) is -0.340. The number of halogens is 1. The maximum atomic E-state index is 13.5. The van der Waals surface area contributed by atoms with E-state index in [-0.39, 0.29) is 11.1 Å². The van der Waals surface area contributed by atoms with E-state index < -0.39 is 17.3 Å². The van der Waals surface area contributed by atoms with E-state index in [0.29, 0.717) is 17.2 Å². The number of rotatable bonds is 3. The SMILES string of the molecule is COc1ccc(C2(O)C(=O)Nc3ccc(F)cc32)cc1OC. The zero-order valence-corrected chi connectivity index (χ0v) is 12.0. The largest absolute Gasteiger partial charge is 0.493 e. The van der Waals surface area contributed by atoms with Crippen molar-refractivity contribution >= 4 is 11.6 Å². The molecule has 0 aliphatic carbocycles. The summed E-state index contributed by atoms with van der Waals surface area (Å²) in [7, 11) is 2.94. The highest BCUT2D eigenvalue weighted by atomic mass is 19.1. The summed E-state index contributed by atoms with van der Waals surface area (Å²) in [5.41, 5.74) is -1.16. The lowest BCUT2D eigenvalue weighted by molar-refractivity contribution is -0.129.